The van der Waals surface area contributed by atoms with Crippen molar-refractivity contribution in [2.45, 2.75) is 103 Å². The number of nitrogens with zero attached hydrogens (tertiary/aromatic N) is 1. The molecule has 0 N–H and O–H groups in total. The van der Waals surface area contributed by atoms with Gasteiger partial charge in [0.15, 0.2) is 0 Å². The van der Waals surface area contributed by atoms with Gasteiger partial charge in [0.1, 0.15) is 0 Å². The van der Waals surface area contributed by atoms with E-state index in [9.17, 15) is 5.26 Å². The Kier molecular flexibility index (Phi) is 10.6. The van der Waals surface area contributed by atoms with Gasteiger partial charge in [0.25, 0.3) is 0 Å². The van der Waals surface area contributed by atoms with E-state index in [0.29, 0.717) is 11.8 Å². The Bertz CT molecular complexity index is 943. The lowest BCUT2D eigenvalue weighted by atomic mass is 9.78. The molecule has 1 heteroatoms. The van der Waals surface area contributed by atoms with Crippen LogP contribution in [0.25, 0.3) is 0 Å². The van der Waals surface area contributed by atoms with Gasteiger partial charge in [-0.3, -0.25) is 0 Å². The fraction of sp³-hybridized carbons (Fsp3) is 0.531. The van der Waals surface area contributed by atoms with Crippen molar-refractivity contribution in [1.82, 2.24) is 0 Å². The number of benzene rings is 2. The molecule has 0 aliphatic heterocycles. The van der Waals surface area contributed by atoms with Crippen LogP contribution in [-0.4, -0.2) is 0 Å². The molecule has 1 aliphatic rings. The van der Waals surface area contributed by atoms with Gasteiger partial charge in [-0.25, -0.2) is 0 Å². The zero-order valence-corrected chi connectivity index (χ0v) is 20.8. The topological polar surface area (TPSA) is 23.8 Å². The van der Waals surface area contributed by atoms with Gasteiger partial charge in [0.05, 0.1) is 11.6 Å². The molecule has 0 atom stereocenters. The van der Waals surface area contributed by atoms with Crippen molar-refractivity contribution in [2.75, 3.05) is 0 Å². The highest BCUT2D eigenvalue weighted by Crippen LogP contribution is 2.35. The van der Waals surface area contributed by atoms with Crippen LogP contribution in [0, 0.1) is 29.1 Å². The Hall–Kier alpha value is -2.51. The molecule has 2 aromatic carbocycles. The SMILES string of the molecule is CCCCCCCc1ccc([C@H]2CC[C@H](C#Cc3ccc(CCCC)c(C#N)c3)CC2)cc1. The maximum Gasteiger partial charge on any atom is 0.0994 e. The van der Waals surface area contributed by atoms with Crippen molar-refractivity contribution in [3.63, 3.8) is 0 Å². The Labute approximate surface area is 202 Å². The molecule has 3 rings (SSSR count). The lowest BCUT2D eigenvalue weighted by Gasteiger charge is -2.26. The van der Waals surface area contributed by atoms with E-state index < -0.39 is 0 Å². The molecule has 174 valence electrons. The lowest BCUT2D eigenvalue weighted by Crippen LogP contribution is -2.12. The first-order valence-corrected chi connectivity index (χ1v) is 13.4. The third-order valence-electron chi connectivity index (χ3n) is 7.20. The second kappa shape index (κ2) is 13.9. The standard InChI is InChI=1S/C32H41N/c1-3-5-7-8-9-10-26-14-19-30(20-15-26)31-21-16-27(17-22-31)12-13-28-18-23-29(11-6-4-2)32(24-28)25-33/h14-15,18-20,23-24,27,31H,3-11,16-17,21-22H2,1-2H3/t27-,31-. The summed E-state index contributed by atoms with van der Waals surface area (Å²) in [5, 5.41) is 9.49. The first-order valence-electron chi connectivity index (χ1n) is 13.4. The largest absolute Gasteiger partial charge is 0.192 e. The zero-order valence-electron chi connectivity index (χ0n) is 20.8. The van der Waals surface area contributed by atoms with Crippen molar-refractivity contribution in [3.8, 4) is 17.9 Å². The first kappa shape index (κ1) is 25.1. The van der Waals surface area contributed by atoms with Crippen molar-refractivity contribution in [2.24, 2.45) is 5.92 Å². The lowest BCUT2D eigenvalue weighted by molar-refractivity contribution is 0.384. The molecular formula is C32H41N. The molecular weight excluding hydrogens is 398 g/mol. The van der Waals surface area contributed by atoms with Crippen LogP contribution in [0.15, 0.2) is 42.5 Å². The predicted molar refractivity (Wildman–Crippen MR) is 140 cm³/mol. The Morgan fingerprint density at radius 3 is 2.21 bits per heavy atom. The highest BCUT2D eigenvalue weighted by Gasteiger charge is 2.21. The van der Waals surface area contributed by atoms with Crippen molar-refractivity contribution >= 4 is 0 Å². The number of hydrogen-bond donors (Lipinski definition) is 0. The number of hydrogen-bond acceptors (Lipinski definition) is 1. The molecule has 1 aliphatic carbocycles. The van der Waals surface area contributed by atoms with Gasteiger partial charge in [-0.15, -0.1) is 0 Å². The summed E-state index contributed by atoms with van der Waals surface area (Å²) in [7, 11) is 0. The Morgan fingerprint density at radius 1 is 0.788 bits per heavy atom. The average molecular weight is 440 g/mol. The summed E-state index contributed by atoms with van der Waals surface area (Å²) in [4.78, 5) is 0. The molecule has 1 saturated carbocycles. The van der Waals surface area contributed by atoms with Crippen LogP contribution in [0.5, 0.6) is 0 Å². The molecule has 1 nitrogen and oxygen atoms in total. The van der Waals surface area contributed by atoms with Crippen LogP contribution >= 0.6 is 0 Å². The highest BCUT2D eigenvalue weighted by atomic mass is 14.3. The second-order valence-electron chi connectivity index (χ2n) is 9.81. The molecule has 0 saturated heterocycles. The van der Waals surface area contributed by atoms with Gasteiger partial charge in [-0.05, 0) is 86.1 Å². The van der Waals surface area contributed by atoms with Crippen LogP contribution in [-0.2, 0) is 12.8 Å². The van der Waals surface area contributed by atoms with Crippen LogP contribution in [0.2, 0.25) is 0 Å². The second-order valence-corrected chi connectivity index (χ2v) is 9.81. The highest BCUT2D eigenvalue weighted by molar-refractivity contribution is 5.46. The van der Waals surface area contributed by atoms with Crippen LogP contribution < -0.4 is 0 Å². The minimum Gasteiger partial charge on any atom is -0.192 e. The molecule has 33 heavy (non-hydrogen) atoms. The van der Waals surface area contributed by atoms with E-state index in [2.05, 4.69) is 68.2 Å². The summed E-state index contributed by atoms with van der Waals surface area (Å²) in [5.74, 6) is 8.04. The smallest absolute Gasteiger partial charge is 0.0994 e. The third-order valence-corrected chi connectivity index (χ3v) is 7.20. The number of rotatable bonds is 10. The van der Waals surface area contributed by atoms with Crippen molar-refractivity contribution in [1.29, 1.82) is 5.26 Å². The molecule has 0 spiro atoms. The summed E-state index contributed by atoms with van der Waals surface area (Å²) in [5.41, 5.74) is 5.94. The van der Waals surface area contributed by atoms with E-state index in [1.807, 2.05) is 6.07 Å². The van der Waals surface area contributed by atoms with Crippen LogP contribution in [0.3, 0.4) is 0 Å². The molecule has 0 amide bonds. The van der Waals surface area contributed by atoms with E-state index in [1.54, 1.807) is 0 Å². The maximum absolute atomic E-state index is 9.49. The normalized spacial score (nSPS) is 17.7. The number of aryl methyl sites for hydroxylation is 2. The summed E-state index contributed by atoms with van der Waals surface area (Å²) in [6.07, 6.45) is 16.1. The quantitative estimate of drug-likeness (QED) is 0.268. The van der Waals surface area contributed by atoms with Gasteiger partial charge in [-0.2, -0.15) is 5.26 Å². The predicted octanol–water partition coefficient (Wildman–Crippen LogP) is 8.74. The number of nitriles is 1. The van der Waals surface area contributed by atoms with E-state index in [0.717, 1.165) is 36.0 Å². The fourth-order valence-electron chi connectivity index (χ4n) is 4.99. The van der Waals surface area contributed by atoms with Crippen LogP contribution in [0.4, 0.5) is 0 Å². The monoisotopic (exact) mass is 439 g/mol. The minimum atomic E-state index is 0.481. The summed E-state index contributed by atoms with van der Waals surface area (Å²) in [6.45, 7) is 4.46. The average Bonchev–Trinajstić information content (AvgIpc) is 2.87. The molecule has 0 heterocycles. The summed E-state index contributed by atoms with van der Waals surface area (Å²) >= 11 is 0. The van der Waals surface area contributed by atoms with E-state index in [4.69, 9.17) is 0 Å². The van der Waals surface area contributed by atoms with Crippen LogP contribution in [0.1, 0.15) is 118 Å². The maximum atomic E-state index is 9.49. The van der Waals surface area contributed by atoms with Gasteiger partial charge in [0, 0.05) is 11.5 Å². The van der Waals surface area contributed by atoms with E-state index in [1.165, 1.54) is 75.3 Å². The van der Waals surface area contributed by atoms with Gasteiger partial charge >= 0.3 is 0 Å². The fourth-order valence-corrected chi connectivity index (χ4v) is 4.99. The number of unbranched alkanes of at least 4 members (excludes halogenated alkanes) is 5. The Balaban J connectivity index is 1.48. The minimum absolute atomic E-state index is 0.481. The molecule has 0 unspecified atom stereocenters. The van der Waals surface area contributed by atoms with Crippen molar-refractivity contribution < 1.29 is 0 Å². The summed E-state index contributed by atoms with van der Waals surface area (Å²) < 4.78 is 0. The Morgan fingerprint density at radius 2 is 1.52 bits per heavy atom. The first-order chi connectivity index (χ1) is 16.2. The molecule has 0 bridgehead atoms. The molecule has 1 fully saturated rings. The molecule has 0 aromatic heterocycles. The van der Waals surface area contributed by atoms with Gasteiger partial charge in [0.2, 0.25) is 0 Å². The zero-order chi connectivity index (χ0) is 23.3. The molecule has 0 radical (unpaired) electrons. The molecule has 2 aromatic rings. The van der Waals surface area contributed by atoms with Gasteiger partial charge < -0.3 is 0 Å². The van der Waals surface area contributed by atoms with Gasteiger partial charge in [-0.1, -0.05) is 88.1 Å². The van der Waals surface area contributed by atoms with E-state index >= 15 is 0 Å². The third kappa shape index (κ3) is 8.09. The summed E-state index contributed by atoms with van der Waals surface area (Å²) in [6, 6.07) is 18.0. The van der Waals surface area contributed by atoms with Crippen molar-refractivity contribution in [3.05, 3.63) is 70.3 Å². The van der Waals surface area contributed by atoms with E-state index in [-0.39, 0.29) is 0 Å².